The zero-order valence-electron chi connectivity index (χ0n) is 12.6. The van der Waals surface area contributed by atoms with E-state index in [-0.39, 0.29) is 9.64 Å². The summed E-state index contributed by atoms with van der Waals surface area (Å²) in [5.41, 5.74) is 6.97. The van der Waals surface area contributed by atoms with Gasteiger partial charge in [0.15, 0.2) is 9.84 Å². The minimum Gasteiger partial charge on any atom is -0.396 e. The normalized spacial score (nSPS) is 12.4. The molecule has 0 aliphatic rings. The molecule has 0 fully saturated rings. The minimum absolute atomic E-state index is 0.146. The van der Waals surface area contributed by atoms with Gasteiger partial charge < -0.3 is 11.1 Å². The molecule has 0 unspecified atom stereocenters. The fraction of sp³-hybridized carbons (Fsp3) is 0.571. The number of thioether (sulfide) groups is 1. The summed E-state index contributed by atoms with van der Waals surface area (Å²) >= 11 is 1.83. The molecule has 0 radical (unpaired) electrons. The minimum atomic E-state index is -3.30. The standard InChI is InChI=1S/C14H24N2O2S2/c1-5-14(6-2,19-3)10-16-11-8-7-9-12(13(11)15)20(4,17)18/h7-9,16H,5-6,10,15H2,1-4H3. The van der Waals surface area contributed by atoms with Crippen molar-refractivity contribution in [1.82, 2.24) is 0 Å². The molecule has 0 amide bonds. The highest BCUT2D eigenvalue weighted by Crippen LogP contribution is 2.32. The highest BCUT2D eigenvalue weighted by atomic mass is 32.2. The monoisotopic (exact) mass is 316 g/mol. The first-order chi connectivity index (χ1) is 9.29. The molecule has 0 saturated heterocycles. The van der Waals surface area contributed by atoms with Crippen molar-refractivity contribution in [1.29, 1.82) is 0 Å². The van der Waals surface area contributed by atoms with E-state index >= 15 is 0 Å². The van der Waals surface area contributed by atoms with E-state index in [4.69, 9.17) is 5.73 Å². The molecule has 20 heavy (non-hydrogen) atoms. The lowest BCUT2D eigenvalue weighted by Crippen LogP contribution is -2.32. The van der Waals surface area contributed by atoms with Gasteiger partial charge in [-0.1, -0.05) is 19.9 Å². The van der Waals surface area contributed by atoms with E-state index in [0.717, 1.165) is 19.4 Å². The van der Waals surface area contributed by atoms with E-state index in [0.29, 0.717) is 11.4 Å². The van der Waals surface area contributed by atoms with E-state index < -0.39 is 9.84 Å². The van der Waals surface area contributed by atoms with Crippen LogP contribution in [0.4, 0.5) is 11.4 Å². The highest BCUT2D eigenvalue weighted by molar-refractivity contribution is 8.00. The Morgan fingerprint density at radius 2 is 1.90 bits per heavy atom. The van der Waals surface area contributed by atoms with E-state index in [1.54, 1.807) is 6.07 Å². The lowest BCUT2D eigenvalue weighted by molar-refractivity contribution is 0.575. The van der Waals surface area contributed by atoms with Gasteiger partial charge in [-0.25, -0.2) is 8.42 Å². The molecule has 4 nitrogen and oxygen atoms in total. The van der Waals surface area contributed by atoms with Crippen molar-refractivity contribution in [3.8, 4) is 0 Å². The summed E-state index contributed by atoms with van der Waals surface area (Å²) in [6, 6.07) is 5.07. The Bertz CT molecular complexity index is 544. The van der Waals surface area contributed by atoms with Crippen molar-refractivity contribution in [2.75, 3.05) is 30.1 Å². The van der Waals surface area contributed by atoms with Crippen LogP contribution < -0.4 is 11.1 Å². The highest BCUT2D eigenvalue weighted by Gasteiger charge is 2.25. The Labute approximate surface area is 126 Å². The molecule has 0 aliphatic carbocycles. The fourth-order valence-electron chi connectivity index (χ4n) is 2.14. The molecule has 0 spiro atoms. The lowest BCUT2D eigenvalue weighted by atomic mass is 10.0. The fourth-order valence-corrected chi connectivity index (χ4v) is 3.77. The summed E-state index contributed by atoms with van der Waals surface area (Å²) in [5.74, 6) is 0. The second-order valence-corrected chi connectivity index (χ2v) is 8.20. The van der Waals surface area contributed by atoms with Crippen LogP contribution in [-0.2, 0) is 9.84 Å². The quantitative estimate of drug-likeness (QED) is 0.757. The number of rotatable bonds is 7. The molecule has 1 aromatic rings. The van der Waals surface area contributed by atoms with Gasteiger partial charge in [-0.05, 0) is 31.2 Å². The van der Waals surface area contributed by atoms with Crippen molar-refractivity contribution in [3.05, 3.63) is 18.2 Å². The van der Waals surface area contributed by atoms with E-state index in [2.05, 4.69) is 25.4 Å². The van der Waals surface area contributed by atoms with Crippen molar-refractivity contribution in [2.24, 2.45) is 0 Å². The number of anilines is 2. The van der Waals surface area contributed by atoms with Gasteiger partial charge in [0.25, 0.3) is 0 Å². The van der Waals surface area contributed by atoms with Gasteiger partial charge in [-0.2, -0.15) is 11.8 Å². The smallest absolute Gasteiger partial charge is 0.177 e. The van der Waals surface area contributed by atoms with Crippen LogP contribution in [0, 0.1) is 0 Å². The lowest BCUT2D eigenvalue weighted by Gasteiger charge is -2.30. The topological polar surface area (TPSA) is 72.2 Å². The zero-order chi connectivity index (χ0) is 15.4. The average Bonchev–Trinajstić information content (AvgIpc) is 2.41. The zero-order valence-corrected chi connectivity index (χ0v) is 14.2. The Kier molecular flexibility index (Phi) is 5.77. The number of hydrogen-bond acceptors (Lipinski definition) is 5. The van der Waals surface area contributed by atoms with Crippen molar-refractivity contribution < 1.29 is 8.42 Å². The van der Waals surface area contributed by atoms with Gasteiger partial charge in [-0.15, -0.1) is 0 Å². The van der Waals surface area contributed by atoms with Crippen LogP contribution in [0.3, 0.4) is 0 Å². The van der Waals surface area contributed by atoms with Gasteiger partial charge in [0.05, 0.1) is 16.3 Å². The van der Waals surface area contributed by atoms with Crippen molar-refractivity contribution in [3.63, 3.8) is 0 Å². The maximum absolute atomic E-state index is 11.7. The third-order valence-electron chi connectivity index (χ3n) is 3.79. The van der Waals surface area contributed by atoms with Crippen LogP contribution in [0.1, 0.15) is 26.7 Å². The molecule has 6 heteroatoms. The molecular formula is C14H24N2O2S2. The molecule has 1 rings (SSSR count). The van der Waals surface area contributed by atoms with Crippen LogP contribution in [0.15, 0.2) is 23.1 Å². The molecule has 114 valence electrons. The first-order valence-corrected chi connectivity index (χ1v) is 9.79. The Hall–Kier alpha value is -0.880. The molecule has 0 aromatic heterocycles. The predicted molar refractivity (Wildman–Crippen MR) is 89.3 cm³/mol. The van der Waals surface area contributed by atoms with E-state index in [1.165, 1.54) is 12.3 Å². The molecule has 0 bridgehead atoms. The maximum atomic E-state index is 11.7. The van der Waals surface area contributed by atoms with Crippen LogP contribution in [0.5, 0.6) is 0 Å². The molecular weight excluding hydrogens is 292 g/mol. The molecule has 3 N–H and O–H groups in total. The van der Waals surface area contributed by atoms with Gasteiger partial charge in [0.2, 0.25) is 0 Å². The predicted octanol–water partition coefficient (Wildman–Crippen LogP) is 3.01. The number of nitrogens with one attached hydrogen (secondary N) is 1. The van der Waals surface area contributed by atoms with Crippen LogP contribution in [0.25, 0.3) is 0 Å². The molecule has 0 aliphatic heterocycles. The van der Waals surface area contributed by atoms with Gasteiger partial charge in [-0.3, -0.25) is 0 Å². The van der Waals surface area contributed by atoms with E-state index in [9.17, 15) is 8.42 Å². The van der Waals surface area contributed by atoms with Crippen molar-refractivity contribution in [2.45, 2.75) is 36.3 Å². The maximum Gasteiger partial charge on any atom is 0.177 e. The second kappa shape index (κ2) is 6.72. The summed E-state index contributed by atoms with van der Waals surface area (Å²) in [5, 5.41) is 3.31. The summed E-state index contributed by atoms with van der Waals surface area (Å²) in [7, 11) is -3.30. The average molecular weight is 316 g/mol. The van der Waals surface area contributed by atoms with Gasteiger partial charge in [0, 0.05) is 17.5 Å². The second-order valence-electron chi connectivity index (χ2n) is 4.94. The largest absolute Gasteiger partial charge is 0.396 e. The van der Waals surface area contributed by atoms with Crippen LogP contribution >= 0.6 is 11.8 Å². The summed E-state index contributed by atoms with van der Waals surface area (Å²) in [4.78, 5) is 0.185. The van der Waals surface area contributed by atoms with E-state index in [1.807, 2.05) is 17.8 Å². The van der Waals surface area contributed by atoms with Crippen molar-refractivity contribution >= 4 is 33.0 Å². The Morgan fingerprint density at radius 3 is 2.35 bits per heavy atom. The Morgan fingerprint density at radius 1 is 1.30 bits per heavy atom. The number of hydrogen-bond donors (Lipinski definition) is 2. The third kappa shape index (κ3) is 3.82. The number of benzene rings is 1. The van der Waals surface area contributed by atoms with Crippen LogP contribution in [0.2, 0.25) is 0 Å². The molecule has 0 atom stereocenters. The molecule has 1 aromatic carbocycles. The summed E-state index contributed by atoms with van der Waals surface area (Å²) < 4.78 is 23.5. The summed E-state index contributed by atoms with van der Waals surface area (Å²) in [6.07, 6.45) is 5.37. The number of nitrogen functional groups attached to an aromatic ring is 1. The first kappa shape index (κ1) is 17.2. The summed E-state index contributed by atoms with van der Waals surface area (Å²) in [6.45, 7) is 5.09. The number of nitrogens with two attached hydrogens (primary N) is 1. The van der Waals surface area contributed by atoms with Crippen LogP contribution in [-0.4, -0.2) is 32.2 Å². The first-order valence-electron chi connectivity index (χ1n) is 6.67. The molecule has 0 heterocycles. The SMILES string of the molecule is CCC(CC)(CNc1cccc(S(C)(=O)=O)c1N)SC. The third-order valence-corrected chi connectivity index (χ3v) is 6.53. The van der Waals surface area contributed by atoms with Gasteiger partial charge >= 0.3 is 0 Å². The van der Waals surface area contributed by atoms with Gasteiger partial charge in [0.1, 0.15) is 0 Å². The Balaban J connectivity index is 3.00. The molecule has 0 saturated carbocycles. The number of sulfone groups is 1. The number of para-hydroxylation sites is 1.